The largest absolute Gasteiger partial charge is 0.508 e. The maximum Gasteiger partial charge on any atom is 0.251 e. The monoisotopic (exact) mass is 1730 g/mol. The Morgan fingerprint density at radius 2 is 0.850 bits per heavy atom. The number of thiophene rings is 1. The van der Waals surface area contributed by atoms with Gasteiger partial charge in [0.25, 0.3) is 5.91 Å². The van der Waals surface area contributed by atoms with Crippen molar-refractivity contribution in [1.29, 1.82) is 0 Å². The number of aryl methyl sites for hydroxylation is 3. The van der Waals surface area contributed by atoms with Crippen molar-refractivity contribution in [2.75, 3.05) is 20.1 Å². The van der Waals surface area contributed by atoms with Gasteiger partial charge in [0.15, 0.2) is 23.1 Å². The Kier molecular flexibility index (Phi) is 39.5. The molecule has 4 aromatic heterocycles. The number of halogens is 1. The van der Waals surface area contributed by atoms with E-state index in [0.29, 0.717) is 81.6 Å². The van der Waals surface area contributed by atoms with Crippen molar-refractivity contribution in [2.45, 2.75) is 83.7 Å². The van der Waals surface area contributed by atoms with Crippen LogP contribution in [0.3, 0.4) is 0 Å². The van der Waals surface area contributed by atoms with Gasteiger partial charge in [-0.05, 0) is 182 Å². The molecule has 4 heterocycles. The minimum atomic E-state index is -0.0368. The van der Waals surface area contributed by atoms with Crippen molar-refractivity contribution in [2.24, 2.45) is 0 Å². The molecule has 11 aromatic carbocycles. The SMILES string of the molecule is CN(Cc1ccccc1)C(=O)Cc1ccccc1.O=C(CCc1ccccc1)c1ccco1.O=C(CCc1ccccc1)c1cccs1.O=C(CCc1ccccc1)c1ccoc1.O=C(Cc1ccccc1)NCCc1c[nH]c2ccccc12.O=C(Cc1ccccc1)NCCc1ccc(O)cc1.O=C(NCc1ccccc1)c1ccc(I)cc1. The number of phenolic OH excluding ortho intramolecular Hbond substituents is 1. The van der Waals surface area contributed by atoms with E-state index in [2.05, 4.69) is 67.8 Å². The molecule has 0 fully saturated rings. The van der Waals surface area contributed by atoms with Gasteiger partial charge in [0.05, 0.1) is 42.2 Å². The lowest BCUT2D eigenvalue weighted by Crippen LogP contribution is -2.27. The second-order valence-corrected chi connectivity index (χ2v) is 30.0. The van der Waals surface area contributed by atoms with E-state index >= 15 is 0 Å². The molecule has 0 aliphatic carbocycles. The van der Waals surface area contributed by atoms with Crippen LogP contribution >= 0.6 is 33.9 Å². The third-order valence-corrected chi connectivity index (χ3v) is 20.3. The smallest absolute Gasteiger partial charge is 0.251 e. The third-order valence-electron chi connectivity index (χ3n) is 18.7. The summed E-state index contributed by atoms with van der Waals surface area (Å²) in [7, 11) is 1.85. The minimum Gasteiger partial charge on any atom is -0.508 e. The summed E-state index contributed by atoms with van der Waals surface area (Å²) in [4.78, 5) is 88.2. The van der Waals surface area contributed by atoms with Gasteiger partial charge in [-0.2, -0.15) is 0 Å². The normalized spacial score (nSPS) is 10.2. The van der Waals surface area contributed by atoms with Gasteiger partial charge in [0.1, 0.15) is 12.0 Å². The number of benzene rings is 11. The number of amides is 4. The van der Waals surface area contributed by atoms with Crippen LogP contribution in [0.1, 0.15) is 116 Å². The summed E-state index contributed by atoms with van der Waals surface area (Å²) >= 11 is 3.74. The van der Waals surface area contributed by atoms with Crippen molar-refractivity contribution in [3.05, 3.63) is 457 Å². The molecular weight excluding hydrogens is 1630 g/mol. The van der Waals surface area contributed by atoms with Crippen LogP contribution in [0.5, 0.6) is 5.75 Å². The lowest BCUT2D eigenvalue weighted by atomic mass is 10.1. The highest BCUT2D eigenvalue weighted by molar-refractivity contribution is 14.1. The molecule has 0 atom stereocenters. The number of para-hydroxylation sites is 1. The first kappa shape index (κ1) is 90.6. The number of carbonyl (C=O) groups excluding carboxylic acids is 7. The second-order valence-electron chi connectivity index (χ2n) is 27.8. The molecule has 0 unspecified atom stereocenters. The molecule has 610 valence electrons. The molecule has 0 bridgehead atoms. The lowest BCUT2D eigenvalue weighted by Gasteiger charge is -2.17. The summed E-state index contributed by atoms with van der Waals surface area (Å²) in [5, 5.41) is 21.1. The number of aromatic hydroxyl groups is 1. The number of aromatic nitrogens is 1. The molecule has 120 heavy (non-hydrogen) atoms. The maximum absolute atomic E-state index is 12.0. The molecule has 15 rings (SSSR count). The first-order valence-electron chi connectivity index (χ1n) is 39.8. The van der Waals surface area contributed by atoms with Crippen molar-refractivity contribution in [3.63, 3.8) is 0 Å². The third kappa shape index (κ3) is 34.8. The number of likely N-dealkylation sites (N-methyl/N-ethyl adjacent to an activating group) is 1. The van der Waals surface area contributed by atoms with Crippen molar-refractivity contribution in [1.82, 2.24) is 25.8 Å². The zero-order valence-corrected chi connectivity index (χ0v) is 70.2. The quantitative estimate of drug-likeness (QED) is 0.0220. The summed E-state index contributed by atoms with van der Waals surface area (Å²) in [5.41, 5.74) is 13.8. The number of rotatable bonds is 29. The fourth-order valence-corrected chi connectivity index (χ4v) is 13.2. The Balaban J connectivity index is 0.000000160. The Bertz CT molecular complexity index is 5200. The predicted octanol–water partition coefficient (Wildman–Crippen LogP) is 21.2. The van der Waals surface area contributed by atoms with Crippen LogP contribution in [0, 0.1) is 3.57 Å². The molecule has 0 saturated carbocycles. The highest BCUT2D eigenvalue weighted by Crippen LogP contribution is 2.20. The molecule has 4 amide bonds. The lowest BCUT2D eigenvalue weighted by molar-refractivity contribution is -0.129. The number of H-pyrrole nitrogens is 1. The number of hydrogen-bond acceptors (Lipinski definition) is 11. The Hall–Kier alpha value is -13.4. The summed E-state index contributed by atoms with van der Waals surface area (Å²) in [6.07, 6.45) is 13.5. The van der Waals surface area contributed by atoms with Gasteiger partial charge in [-0.1, -0.05) is 279 Å². The Labute approximate surface area is 720 Å². The molecule has 17 heteroatoms. The number of nitrogens with zero attached hydrogens (tertiary/aromatic N) is 1. The summed E-state index contributed by atoms with van der Waals surface area (Å²) in [6, 6.07) is 111. The van der Waals surface area contributed by atoms with Gasteiger partial charge in [0.2, 0.25) is 17.7 Å². The zero-order chi connectivity index (χ0) is 84.4. The Morgan fingerprint density at radius 1 is 0.400 bits per heavy atom. The number of carbonyl (C=O) groups is 7. The van der Waals surface area contributed by atoms with Crippen LogP contribution in [0.15, 0.2) is 385 Å². The van der Waals surface area contributed by atoms with Crippen LogP contribution in [-0.2, 0) is 78.8 Å². The number of Topliss-reactive ketones (excluding diaryl/α,β-unsaturated/α-hetero) is 3. The van der Waals surface area contributed by atoms with Gasteiger partial charge in [-0.15, -0.1) is 11.3 Å². The van der Waals surface area contributed by atoms with E-state index < -0.39 is 0 Å². The minimum absolute atomic E-state index is 0.0324. The van der Waals surface area contributed by atoms with Crippen LogP contribution in [0.2, 0.25) is 0 Å². The van der Waals surface area contributed by atoms with E-state index in [9.17, 15) is 33.6 Å². The molecule has 15 aromatic rings. The highest BCUT2D eigenvalue weighted by atomic mass is 127. The fraction of sp³-hybridized carbons (Fsp3) is 0.155. The molecule has 5 N–H and O–H groups in total. The second kappa shape index (κ2) is 52.4. The summed E-state index contributed by atoms with van der Waals surface area (Å²) < 4.78 is 11.0. The van der Waals surface area contributed by atoms with Gasteiger partial charge >= 0.3 is 0 Å². The number of phenols is 1. The maximum atomic E-state index is 12.0. The fourth-order valence-electron chi connectivity index (χ4n) is 12.1. The number of hydrogen-bond donors (Lipinski definition) is 5. The van der Waals surface area contributed by atoms with Gasteiger partial charge < -0.3 is 39.8 Å². The summed E-state index contributed by atoms with van der Waals surface area (Å²) in [6.45, 7) is 2.49. The molecule has 0 radical (unpaired) electrons. The van der Waals surface area contributed by atoms with E-state index in [1.54, 1.807) is 35.2 Å². The Morgan fingerprint density at radius 3 is 1.33 bits per heavy atom. The molecule has 0 spiro atoms. The average Bonchev–Trinajstić information content (AvgIpc) is 1.69. The predicted molar refractivity (Wildman–Crippen MR) is 489 cm³/mol. The first-order chi connectivity index (χ1) is 58.7. The van der Waals surface area contributed by atoms with Crippen molar-refractivity contribution in [3.8, 4) is 5.75 Å². The van der Waals surface area contributed by atoms with E-state index in [4.69, 9.17) is 13.9 Å². The summed E-state index contributed by atoms with van der Waals surface area (Å²) in [5.74, 6) is 1.36. The highest BCUT2D eigenvalue weighted by Gasteiger charge is 2.14. The molecule has 0 aliphatic heterocycles. The van der Waals surface area contributed by atoms with E-state index in [1.165, 1.54) is 57.8 Å². The van der Waals surface area contributed by atoms with Gasteiger partial charge in [0, 0.05) is 78.7 Å². The van der Waals surface area contributed by atoms with Crippen molar-refractivity contribution >= 4 is 85.8 Å². The van der Waals surface area contributed by atoms with E-state index in [1.807, 2.05) is 310 Å². The topological polar surface area (TPSA) is 221 Å². The first-order valence-corrected chi connectivity index (χ1v) is 41.8. The zero-order valence-electron chi connectivity index (χ0n) is 67.3. The molecular formula is C103H100IN5O10S. The number of furan rings is 2. The number of fused-ring (bicyclic) bond motifs is 1. The number of ketones is 3. The molecule has 0 aliphatic rings. The molecule has 15 nitrogen and oxygen atoms in total. The van der Waals surface area contributed by atoms with E-state index in [-0.39, 0.29) is 46.7 Å². The van der Waals surface area contributed by atoms with Crippen LogP contribution in [0.25, 0.3) is 10.9 Å². The van der Waals surface area contributed by atoms with Crippen LogP contribution < -0.4 is 16.0 Å². The van der Waals surface area contributed by atoms with Gasteiger partial charge in [-0.25, -0.2) is 0 Å². The van der Waals surface area contributed by atoms with Crippen LogP contribution in [0.4, 0.5) is 0 Å². The van der Waals surface area contributed by atoms with Gasteiger partial charge in [-0.3, -0.25) is 33.6 Å². The van der Waals surface area contributed by atoms with E-state index in [0.717, 1.165) is 79.4 Å². The number of nitrogens with one attached hydrogen (secondary N) is 4. The standard InChI is InChI=1S/C18H18N2O.C16H17NO2.C16H17NO.C14H12INO.2C13H12O2.C13H12OS/c21-18(12-14-6-2-1-3-7-14)19-11-10-15-13-20-17-9-5-4-8-16(15)17;18-15-8-6-13(7-9-15)10-11-17-16(19)12-14-4-2-1-3-5-14;1-17(13-15-10-6-3-7-11-15)16(18)12-14-8-4-2-5-9-14;15-13-8-6-12(7-9-13)14(17)16-10-11-4-2-1-3-5-11;14-12(13-7-4-10-15-13)9-8-11-5-2-1-3-6-11;14-13(12-8-9-15-10-12)7-6-11-4-2-1-3-5-11;14-12(13-7-4-10-15-13)9-8-11-5-2-1-3-6-11/h1-9,13,20H,10-12H2,(H,19,21);1-9,18H,10-12H2,(H,17,19);2-11H,12-13H2,1H3;1-9H,10H2,(H,16,17);1-7,10H,8-9H2;1-5,8-10H,6-7H2;1-7,10H,8-9H2. The average molecular weight is 1730 g/mol. The molecule has 0 saturated heterocycles. The van der Waals surface area contributed by atoms with Crippen molar-refractivity contribution < 1.29 is 47.5 Å². The number of aromatic amines is 1. The van der Waals surface area contributed by atoms with Crippen LogP contribution in [-0.4, -0.2) is 76.1 Å².